The molecule has 5 heteroatoms. The Kier molecular flexibility index (Phi) is 2.85. The van der Waals surface area contributed by atoms with Crippen LogP contribution in [0.25, 0.3) is 0 Å². The molecule has 1 N–H and O–H groups in total. The Bertz CT molecular complexity index is 208. The zero-order chi connectivity index (χ0) is 10.1. The van der Waals surface area contributed by atoms with E-state index in [9.17, 15) is 13.6 Å². The molecular weight excluding hydrogens is 178 g/mol. The van der Waals surface area contributed by atoms with Gasteiger partial charge in [0, 0.05) is 13.0 Å². The number of likely N-dealkylation sites (tertiary alicyclic amines) is 1. The molecule has 0 aliphatic carbocycles. The van der Waals surface area contributed by atoms with Gasteiger partial charge in [-0.15, -0.1) is 0 Å². The second-order valence-electron chi connectivity index (χ2n) is 3.39. The van der Waals surface area contributed by atoms with Crippen molar-refractivity contribution in [3.8, 4) is 0 Å². The first kappa shape index (κ1) is 10.4. The summed E-state index contributed by atoms with van der Waals surface area (Å²) in [6.07, 6.45) is -0.366. The maximum atomic E-state index is 12.8. The zero-order valence-electron chi connectivity index (χ0n) is 7.81. The lowest BCUT2D eigenvalue weighted by atomic mass is 10.2. The van der Waals surface area contributed by atoms with E-state index >= 15 is 0 Å². The van der Waals surface area contributed by atoms with Gasteiger partial charge in [0.15, 0.2) is 0 Å². The van der Waals surface area contributed by atoms with Crippen LogP contribution in [-0.4, -0.2) is 42.9 Å². The van der Waals surface area contributed by atoms with E-state index in [1.165, 1.54) is 4.90 Å². The fourth-order valence-corrected chi connectivity index (χ4v) is 1.56. The average Bonchev–Trinajstić information content (AvgIpc) is 2.25. The molecule has 1 heterocycles. The number of alkyl halides is 2. The predicted molar refractivity (Wildman–Crippen MR) is 44.7 cm³/mol. The van der Waals surface area contributed by atoms with Gasteiger partial charge in [0.05, 0.1) is 12.6 Å². The maximum Gasteiger partial charge on any atom is 0.262 e. The van der Waals surface area contributed by atoms with Crippen molar-refractivity contribution in [1.82, 2.24) is 10.2 Å². The lowest BCUT2D eigenvalue weighted by Gasteiger charge is -2.16. The van der Waals surface area contributed by atoms with Crippen molar-refractivity contribution in [2.75, 3.05) is 20.1 Å². The van der Waals surface area contributed by atoms with Crippen LogP contribution in [0.1, 0.15) is 13.3 Å². The predicted octanol–water partition coefficient (Wildman–Crippen LogP) is 0.462. The van der Waals surface area contributed by atoms with Crippen molar-refractivity contribution < 1.29 is 13.6 Å². The van der Waals surface area contributed by atoms with E-state index < -0.39 is 12.0 Å². The molecule has 13 heavy (non-hydrogen) atoms. The SMILES string of the molecule is CCNC(=O)C1CC(F)(F)CN1C. The third-order valence-electron chi connectivity index (χ3n) is 2.16. The van der Waals surface area contributed by atoms with E-state index in [1.807, 2.05) is 0 Å². The Morgan fingerprint density at radius 3 is 2.69 bits per heavy atom. The topological polar surface area (TPSA) is 32.3 Å². The van der Waals surface area contributed by atoms with Gasteiger partial charge in [-0.05, 0) is 14.0 Å². The van der Waals surface area contributed by atoms with Gasteiger partial charge < -0.3 is 5.32 Å². The van der Waals surface area contributed by atoms with Crippen LogP contribution in [-0.2, 0) is 4.79 Å². The number of hydrogen-bond donors (Lipinski definition) is 1. The lowest BCUT2D eigenvalue weighted by Crippen LogP contribution is -2.41. The molecule has 0 bridgehead atoms. The summed E-state index contributed by atoms with van der Waals surface area (Å²) in [4.78, 5) is 12.7. The Labute approximate surface area is 76.1 Å². The van der Waals surface area contributed by atoms with Gasteiger partial charge in [-0.3, -0.25) is 9.69 Å². The number of likely N-dealkylation sites (N-methyl/N-ethyl adjacent to an activating group) is 2. The van der Waals surface area contributed by atoms with Crippen molar-refractivity contribution >= 4 is 5.91 Å². The van der Waals surface area contributed by atoms with Crippen molar-refractivity contribution in [3.63, 3.8) is 0 Å². The number of carbonyl (C=O) groups excluding carboxylic acids is 1. The normalized spacial score (nSPS) is 27.5. The molecule has 1 unspecified atom stereocenters. The van der Waals surface area contributed by atoms with Crippen molar-refractivity contribution in [3.05, 3.63) is 0 Å². The highest BCUT2D eigenvalue weighted by atomic mass is 19.3. The first-order valence-corrected chi connectivity index (χ1v) is 4.32. The third kappa shape index (κ3) is 2.37. The van der Waals surface area contributed by atoms with Crippen LogP contribution in [0.4, 0.5) is 8.78 Å². The molecule has 76 valence electrons. The van der Waals surface area contributed by atoms with Gasteiger partial charge in [-0.1, -0.05) is 0 Å². The van der Waals surface area contributed by atoms with Crippen LogP contribution in [0, 0.1) is 0 Å². The van der Waals surface area contributed by atoms with Gasteiger partial charge in [0.25, 0.3) is 5.92 Å². The summed E-state index contributed by atoms with van der Waals surface area (Å²) in [6.45, 7) is 1.93. The van der Waals surface area contributed by atoms with Gasteiger partial charge in [-0.2, -0.15) is 0 Å². The molecule has 0 aromatic rings. The molecule has 0 aromatic carbocycles. The Morgan fingerprint density at radius 1 is 1.69 bits per heavy atom. The van der Waals surface area contributed by atoms with Gasteiger partial charge in [0.2, 0.25) is 5.91 Å². The number of halogens is 2. The van der Waals surface area contributed by atoms with E-state index in [0.29, 0.717) is 6.54 Å². The summed E-state index contributed by atoms with van der Waals surface area (Å²) < 4.78 is 25.6. The molecule has 1 amide bonds. The minimum absolute atomic E-state index is 0.304. The molecule has 0 saturated carbocycles. The fraction of sp³-hybridized carbons (Fsp3) is 0.875. The number of nitrogens with one attached hydrogen (secondary N) is 1. The first-order valence-electron chi connectivity index (χ1n) is 4.32. The largest absolute Gasteiger partial charge is 0.355 e. The van der Waals surface area contributed by atoms with Crippen molar-refractivity contribution in [2.24, 2.45) is 0 Å². The number of nitrogens with zero attached hydrogens (tertiary/aromatic N) is 1. The van der Waals surface area contributed by atoms with E-state index in [2.05, 4.69) is 5.32 Å². The second-order valence-corrected chi connectivity index (χ2v) is 3.39. The third-order valence-corrected chi connectivity index (χ3v) is 2.16. The summed E-state index contributed by atoms with van der Waals surface area (Å²) in [5, 5.41) is 2.54. The lowest BCUT2D eigenvalue weighted by molar-refractivity contribution is -0.125. The highest BCUT2D eigenvalue weighted by molar-refractivity contribution is 5.82. The minimum Gasteiger partial charge on any atom is -0.355 e. The Balaban J connectivity index is 2.57. The zero-order valence-corrected chi connectivity index (χ0v) is 7.81. The smallest absolute Gasteiger partial charge is 0.262 e. The van der Waals surface area contributed by atoms with Gasteiger partial charge in [-0.25, -0.2) is 8.78 Å². The summed E-state index contributed by atoms with van der Waals surface area (Å²) >= 11 is 0. The Hall–Kier alpha value is -0.710. The molecule has 1 aliphatic heterocycles. The van der Waals surface area contributed by atoms with Crippen molar-refractivity contribution in [1.29, 1.82) is 0 Å². The number of amides is 1. The molecule has 1 atom stereocenters. The highest BCUT2D eigenvalue weighted by Crippen LogP contribution is 2.30. The van der Waals surface area contributed by atoms with Crippen LogP contribution in [0.5, 0.6) is 0 Å². The van der Waals surface area contributed by atoms with Crippen LogP contribution in [0.15, 0.2) is 0 Å². The number of rotatable bonds is 2. The van der Waals surface area contributed by atoms with E-state index in [0.717, 1.165) is 0 Å². The summed E-state index contributed by atoms with van der Waals surface area (Å²) in [6, 6.07) is -0.671. The van der Waals surface area contributed by atoms with Crippen LogP contribution in [0.3, 0.4) is 0 Å². The molecule has 1 aliphatic rings. The summed E-state index contributed by atoms with van der Waals surface area (Å²) in [5.41, 5.74) is 0. The maximum absolute atomic E-state index is 12.8. The molecular formula is C8H14F2N2O. The van der Waals surface area contributed by atoms with Gasteiger partial charge >= 0.3 is 0 Å². The average molecular weight is 192 g/mol. The number of hydrogen-bond acceptors (Lipinski definition) is 2. The second kappa shape index (κ2) is 3.57. The minimum atomic E-state index is -2.72. The molecule has 3 nitrogen and oxygen atoms in total. The number of carbonyl (C=O) groups is 1. The molecule has 0 spiro atoms. The van der Waals surface area contributed by atoms with Gasteiger partial charge in [0.1, 0.15) is 0 Å². The van der Waals surface area contributed by atoms with Crippen LogP contribution < -0.4 is 5.32 Å². The Morgan fingerprint density at radius 2 is 2.31 bits per heavy atom. The van der Waals surface area contributed by atoms with Crippen LogP contribution >= 0.6 is 0 Å². The molecule has 1 fully saturated rings. The van der Waals surface area contributed by atoms with E-state index in [-0.39, 0.29) is 18.9 Å². The first-order chi connectivity index (χ1) is 5.96. The van der Waals surface area contributed by atoms with Crippen LogP contribution in [0.2, 0.25) is 0 Å². The molecule has 1 saturated heterocycles. The summed E-state index contributed by atoms with van der Waals surface area (Å²) in [5.74, 6) is -3.02. The molecule has 0 radical (unpaired) electrons. The monoisotopic (exact) mass is 192 g/mol. The van der Waals surface area contributed by atoms with E-state index in [4.69, 9.17) is 0 Å². The highest BCUT2D eigenvalue weighted by Gasteiger charge is 2.45. The van der Waals surface area contributed by atoms with Crippen molar-refractivity contribution in [2.45, 2.75) is 25.3 Å². The molecule has 0 aromatic heterocycles. The quantitative estimate of drug-likeness (QED) is 0.689. The summed E-state index contributed by atoms with van der Waals surface area (Å²) in [7, 11) is 1.54. The molecule has 1 rings (SSSR count). The fourth-order valence-electron chi connectivity index (χ4n) is 1.56. The standard InChI is InChI=1S/C8H14F2N2O/c1-3-11-7(13)6-4-8(9,10)5-12(6)2/h6H,3-5H2,1-2H3,(H,11,13). The van der Waals surface area contributed by atoms with E-state index in [1.54, 1.807) is 14.0 Å².